The minimum atomic E-state index is -0.658. The normalized spacial score (nSPS) is 10.6. The number of carbonyl (C=O) groups is 1. The van der Waals surface area contributed by atoms with Gasteiger partial charge in [0.2, 0.25) is 0 Å². The summed E-state index contributed by atoms with van der Waals surface area (Å²) in [5.41, 5.74) is 0.733. The van der Waals surface area contributed by atoms with Crippen molar-refractivity contribution >= 4 is 40.5 Å². The smallest absolute Gasteiger partial charge is 0.288 e. The number of halogens is 2. The molecule has 7 nitrogen and oxygen atoms in total. The largest absolute Gasteiger partial charge is 0.459 e. The van der Waals surface area contributed by atoms with E-state index in [1.165, 1.54) is 18.2 Å². The Morgan fingerprint density at radius 1 is 1.11 bits per heavy atom. The highest BCUT2D eigenvalue weighted by Gasteiger charge is 2.17. The summed E-state index contributed by atoms with van der Waals surface area (Å²) in [6.45, 7) is -0.223. The SMILES string of the molecule is O=C(Nc1ccc(-c2ccc(CO)o2)c(Cl)c1)c1ccc(Cl)c([N+](=O)[O-])c1. The number of nitro benzene ring substituents is 1. The summed E-state index contributed by atoms with van der Waals surface area (Å²) in [4.78, 5) is 22.6. The van der Waals surface area contributed by atoms with E-state index in [1.54, 1.807) is 24.3 Å². The van der Waals surface area contributed by atoms with Crippen molar-refractivity contribution in [2.24, 2.45) is 0 Å². The fourth-order valence-electron chi connectivity index (χ4n) is 2.40. The third-order valence-electron chi connectivity index (χ3n) is 3.71. The molecule has 0 saturated heterocycles. The maximum Gasteiger partial charge on any atom is 0.288 e. The Balaban J connectivity index is 1.82. The van der Waals surface area contributed by atoms with Gasteiger partial charge in [-0.2, -0.15) is 0 Å². The maximum atomic E-state index is 12.3. The van der Waals surface area contributed by atoms with Gasteiger partial charge in [0.15, 0.2) is 0 Å². The van der Waals surface area contributed by atoms with Gasteiger partial charge >= 0.3 is 0 Å². The number of furan rings is 1. The van der Waals surface area contributed by atoms with Gasteiger partial charge in [-0.15, -0.1) is 0 Å². The van der Waals surface area contributed by atoms with Crippen molar-refractivity contribution in [1.82, 2.24) is 0 Å². The van der Waals surface area contributed by atoms with E-state index in [0.717, 1.165) is 6.07 Å². The number of anilines is 1. The number of nitro groups is 1. The molecule has 0 atom stereocenters. The third kappa shape index (κ3) is 4.11. The van der Waals surface area contributed by atoms with Crippen LogP contribution in [-0.4, -0.2) is 15.9 Å². The van der Waals surface area contributed by atoms with Crippen molar-refractivity contribution in [2.75, 3.05) is 5.32 Å². The summed E-state index contributed by atoms with van der Waals surface area (Å²) in [5.74, 6) is 0.345. The lowest BCUT2D eigenvalue weighted by Gasteiger charge is -2.08. The minimum Gasteiger partial charge on any atom is -0.459 e. The first kappa shape index (κ1) is 18.9. The van der Waals surface area contributed by atoms with Crippen LogP contribution < -0.4 is 5.32 Å². The third-order valence-corrected chi connectivity index (χ3v) is 4.35. The van der Waals surface area contributed by atoms with Gasteiger partial charge in [-0.3, -0.25) is 14.9 Å². The summed E-state index contributed by atoms with van der Waals surface area (Å²) < 4.78 is 5.44. The van der Waals surface area contributed by atoms with Gasteiger partial charge in [0, 0.05) is 22.9 Å². The zero-order valence-electron chi connectivity index (χ0n) is 13.6. The quantitative estimate of drug-likeness (QED) is 0.462. The number of aliphatic hydroxyl groups is 1. The van der Waals surface area contributed by atoms with Gasteiger partial charge in [0.25, 0.3) is 11.6 Å². The zero-order valence-corrected chi connectivity index (χ0v) is 15.1. The van der Waals surface area contributed by atoms with Crippen LogP contribution in [0.3, 0.4) is 0 Å². The molecule has 0 saturated carbocycles. The van der Waals surface area contributed by atoms with Crippen LogP contribution in [0.15, 0.2) is 52.9 Å². The maximum absolute atomic E-state index is 12.3. The van der Waals surface area contributed by atoms with Gasteiger partial charge < -0.3 is 14.8 Å². The molecule has 0 unspecified atom stereocenters. The van der Waals surface area contributed by atoms with Crippen LogP contribution in [0.1, 0.15) is 16.1 Å². The summed E-state index contributed by atoms with van der Waals surface area (Å²) in [5, 5.41) is 22.9. The summed E-state index contributed by atoms with van der Waals surface area (Å²) in [6.07, 6.45) is 0. The van der Waals surface area contributed by atoms with Gasteiger partial charge in [0.1, 0.15) is 23.2 Å². The van der Waals surface area contributed by atoms with Crippen LogP contribution in [0.5, 0.6) is 0 Å². The van der Waals surface area contributed by atoms with Crippen molar-refractivity contribution in [1.29, 1.82) is 0 Å². The summed E-state index contributed by atoms with van der Waals surface area (Å²) in [7, 11) is 0. The molecule has 0 aliphatic carbocycles. The van der Waals surface area contributed by atoms with E-state index in [9.17, 15) is 14.9 Å². The molecule has 0 radical (unpaired) electrons. The number of benzene rings is 2. The first-order valence-electron chi connectivity index (χ1n) is 7.64. The number of rotatable bonds is 5. The van der Waals surface area contributed by atoms with E-state index in [2.05, 4.69) is 5.32 Å². The highest BCUT2D eigenvalue weighted by molar-refractivity contribution is 6.33. The molecular formula is C18H12Cl2N2O5. The molecular weight excluding hydrogens is 395 g/mol. The molecule has 9 heteroatoms. The molecule has 2 aromatic carbocycles. The molecule has 0 aliphatic heterocycles. The van der Waals surface area contributed by atoms with E-state index in [-0.39, 0.29) is 22.9 Å². The molecule has 2 N–H and O–H groups in total. The fourth-order valence-corrected chi connectivity index (χ4v) is 2.86. The molecule has 1 aromatic heterocycles. The number of nitrogens with one attached hydrogen (secondary N) is 1. The summed E-state index contributed by atoms with van der Waals surface area (Å²) >= 11 is 12.0. The molecule has 0 fully saturated rings. The zero-order chi connectivity index (χ0) is 19.6. The van der Waals surface area contributed by atoms with E-state index in [4.69, 9.17) is 32.7 Å². The molecule has 0 spiro atoms. The number of carbonyl (C=O) groups excluding carboxylic acids is 1. The Labute approximate surface area is 163 Å². The lowest BCUT2D eigenvalue weighted by molar-refractivity contribution is -0.384. The highest BCUT2D eigenvalue weighted by atomic mass is 35.5. The Bertz CT molecular complexity index is 1030. The van der Waals surface area contributed by atoms with E-state index >= 15 is 0 Å². The topological polar surface area (TPSA) is 106 Å². The number of hydrogen-bond donors (Lipinski definition) is 2. The van der Waals surface area contributed by atoms with Crippen LogP contribution in [0.4, 0.5) is 11.4 Å². The lowest BCUT2D eigenvalue weighted by Crippen LogP contribution is -2.12. The van der Waals surface area contributed by atoms with Crippen molar-refractivity contribution in [3.05, 3.63) is 80.0 Å². The highest BCUT2D eigenvalue weighted by Crippen LogP contribution is 2.32. The number of amides is 1. The number of aliphatic hydroxyl groups excluding tert-OH is 1. The molecule has 0 aliphatic rings. The van der Waals surface area contributed by atoms with Gasteiger partial charge in [-0.05, 0) is 42.5 Å². The average molecular weight is 407 g/mol. The standard InChI is InChI=1S/C18H12Cl2N2O5/c19-14-5-1-10(7-16(14)22(25)26)18(24)21-11-2-4-13(15(20)8-11)17-6-3-12(9-23)27-17/h1-8,23H,9H2,(H,21,24). The van der Waals surface area contributed by atoms with E-state index in [0.29, 0.717) is 27.8 Å². The second-order valence-corrected chi connectivity index (χ2v) is 6.31. The molecule has 138 valence electrons. The second kappa shape index (κ2) is 7.79. The Hall–Kier alpha value is -2.87. The van der Waals surface area contributed by atoms with Crippen molar-refractivity contribution < 1.29 is 19.2 Å². The van der Waals surface area contributed by atoms with Crippen molar-refractivity contribution in [2.45, 2.75) is 6.61 Å². The van der Waals surface area contributed by atoms with Crippen LogP contribution in [0.25, 0.3) is 11.3 Å². The van der Waals surface area contributed by atoms with Crippen LogP contribution in [0, 0.1) is 10.1 Å². The second-order valence-electron chi connectivity index (χ2n) is 5.50. The van der Waals surface area contributed by atoms with Crippen molar-refractivity contribution in [3.8, 4) is 11.3 Å². The van der Waals surface area contributed by atoms with Crippen LogP contribution >= 0.6 is 23.2 Å². The Morgan fingerprint density at radius 2 is 1.89 bits per heavy atom. The minimum absolute atomic E-state index is 0.0513. The van der Waals surface area contributed by atoms with Gasteiger partial charge in [0.05, 0.1) is 9.95 Å². The molecule has 27 heavy (non-hydrogen) atoms. The molecule has 3 aromatic rings. The van der Waals surface area contributed by atoms with Crippen LogP contribution in [0.2, 0.25) is 10.0 Å². The fraction of sp³-hybridized carbons (Fsp3) is 0.0556. The monoisotopic (exact) mass is 406 g/mol. The predicted molar refractivity (Wildman–Crippen MR) is 101 cm³/mol. The van der Waals surface area contributed by atoms with Crippen LogP contribution in [-0.2, 0) is 6.61 Å². The van der Waals surface area contributed by atoms with Gasteiger partial charge in [-0.1, -0.05) is 23.2 Å². The average Bonchev–Trinajstić information content (AvgIpc) is 3.10. The Morgan fingerprint density at radius 3 is 2.52 bits per heavy atom. The van der Waals surface area contributed by atoms with Gasteiger partial charge in [-0.25, -0.2) is 0 Å². The molecule has 1 amide bonds. The predicted octanol–water partition coefficient (Wildman–Crippen LogP) is 4.91. The number of nitrogens with zero attached hydrogens (tertiary/aromatic N) is 1. The van der Waals surface area contributed by atoms with Crippen molar-refractivity contribution in [3.63, 3.8) is 0 Å². The molecule has 3 rings (SSSR count). The molecule has 0 bridgehead atoms. The number of hydrogen-bond acceptors (Lipinski definition) is 5. The van der Waals surface area contributed by atoms with E-state index in [1.807, 2.05) is 0 Å². The Kier molecular flexibility index (Phi) is 5.46. The molecule has 1 heterocycles. The lowest BCUT2D eigenvalue weighted by atomic mass is 10.1. The first-order chi connectivity index (χ1) is 12.9. The first-order valence-corrected chi connectivity index (χ1v) is 8.39. The van der Waals surface area contributed by atoms with E-state index < -0.39 is 10.8 Å². The summed E-state index contributed by atoms with van der Waals surface area (Å²) in [6, 6.07) is 11.9.